The molecule has 15 heavy (non-hydrogen) atoms. The topological polar surface area (TPSA) is 46.3 Å². The standard InChI is InChI=1S/C11H22N2OS/c1-9(2)8-10(12)11(14)13-4-3-6-15-7-5-13/h9-10H,3-8,12H2,1-2H3/t10-/m0/s1. The van der Waals surface area contributed by atoms with E-state index in [1.165, 1.54) is 5.75 Å². The predicted molar refractivity (Wildman–Crippen MR) is 66.0 cm³/mol. The molecule has 88 valence electrons. The summed E-state index contributed by atoms with van der Waals surface area (Å²) in [6.45, 7) is 5.96. The summed E-state index contributed by atoms with van der Waals surface area (Å²) < 4.78 is 0. The molecule has 2 N–H and O–H groups in total. The number of rotatable bonds is 3. The minimum Gasteiger partial charge on any atom is -0.340 e. The van der Waals surface area contributed by atoms with Crippen molar-refractivity contribution in [1.82, 2.24) is 4.90 Å². The van der Waals surface area contributed by atoms with Gasteiger partial charge in [-0.3, -0.25) is 4.79 Å². The Kier molecular flexibility index (Phi) is 5.47. The zero-order valence-corrected chi connectivity index (χ0v) is 10.6. The van der Waals surface area contributed by atoms with Gasteiger partial charge >= 0.3 is 0 Å². The Bertz CT molecular complexity index is 201. The molecule has 0 aliphatic carbocycles. The van der Waals surface area contributed by atoms with E-state index in [0.717, 1.165) is 31.7 Å². The number of hydrogen-bond acceptors (Lipinski definition) is 3. The summed E-state index contributed by atoms with van der Waals surface area (Å²) in [6, 6.07) is -0.298. The van der Waals surface area contributed by atoms with Crippen LogP contribution in [-0.4, -0.2) is 41.4 Å². The quantitative estimate of drug-likeness (QED) is 0.795. The highest BCUT2D eigenvalue weighted by Crippen LogP contribution is 2.12. The lowest BCUT2D eigenvalue weighted by molar-refractivity contribution is -0.132. The van der Waals surface area contributed by atoms with Crippen molar-refractivity contribution in [1.29, 1.82) is 0 Å². The Labute approximate surface area is 96.8 Å². The molecule has 1 aliphatic rings. The summed E-state index contributed by atoms with van der Waals surface area (Å²) in [7, 11) is 0. The second-order valence-electron chi connectivity index (χ2n) is 4.53. The van der Waals surface area contributed by atoms with Crippen molar-refractivity contribution >= 4 is 17.7 Å². The van der Waals surface area contributed by atoms with Crippen molar-refractivity contribution in [3.63, 3.8) is 0 Å². The molecule has 0 saturated carbocycles. The third-order valence-corrected chi connectivity index (χ3v) is 3.63. The van der Waals surface area contributed by atoms with E-state index in [0.29, 0.717) is 5.92 Å². The van der Waals surface area contributed by atoms with Crippen LogP contribution in [0.2, 0.25) is 0 Å². The normalized spacial score (nSPS) is 20.1. The van der Waals surface area contributed by atoms with E-state index in [4.69, 9.17) is 5.73 Å². The van der Waals surface area contributed by atoms with Crippen LogP contribution in [0.4, 0.5) is 0 Å². The van der Waals surface area contributed by atoms with Gasteiger partial charge in [-0.05, 0) is 24.5 Å². The van der Waals surface area contributed by atoms with Crippen LogP contribution in [0, 0.1) is 5.92 Å². The largest absolute Gasteiger partial charge is 0.340 e. The predicted octanol–water partition coefficient (Wildman–Crippen LogP) is 1.33. The highest BCUT2D eigenvalue weighted by atomic mass is 32.2. The molecular formula is C11H22N2OS. The molecule has 1 atom stereocenters. The summed E-state index contributed by atoms with van der Waals surface area (Å²) >= 11 is 1.93. The van der Waals surface area contributed by atoms with Crippen LogP contribution in [0.5, 0.6) is 0 Å². The average molecular weight is 230 g/mol. The summed E-state index contributed by atoms with van der Waals surface area (Å²) in [4.78, 5) is 13.9. The molecule has 0 aromatic carbocycles. The first-order chi connectivity index (χ1) is 7.11. The van der Waals surface area contributed by atoms with E-state index >= 15 is 0 Å². The van der Waals surface area contributed by atoms with Gasteiger partial charge in [0.25, 0.3) is 0 Å². The summed E-state index contributed by atoms with van der Waals surface area (Å²) in [5, 5.41) is 0. The Morgan fingerprint density at radius 3 is 2.80 bits per heavy atom. The van der Waals surface area contributed by atoms with Crippen molar-refractivity contribution in [2.75, 3.05) is 24.6 Å². The average Bonchev–Trinajstić information content (AvgIpc) is 2.43. The number of thioether (sulfide) groups is 1. The van der Waals surface area contributed by atoms with Gasteiger partial charge in [-0.1, -0.05) is 13.8 Å². The maximum atomic E-state index is 12.0. The maximum Gasteiger partial charge on any atom is 0.239 e. The molecule has 1 amide bonds. The molecule has 0 aromatic heterocycles. The number of carbonyl (C=O) groups is 1. The van der Waals surface area contributed by atoms with E-state index in [1.807, 2.05) is 16.7 Å². The SMILES string of the molecule is CC(C)C[C@H](N)C(=O)N1CCCSCC1. The second-order valence-corrected chi connectivity index (χ2v) is 5.75. The van der Waals surface area contributed by atoms with Crippen LogP contribution in [0.15, 0.2) is 0 Å². The zero-order chi connectivity index (χ0) is 11.3. The van der Waals surface area contributed by atoms with Gasteiger partial charge in [0.1, 0.15) is 0 Å². The molecule has 0 aromatic rings. The van der Waals surface area contributed by atoms with Crippen LogP contribution >= 0.6 is 11.8 Å². The zero-order valence-electron chi connectivity index (χ0n) is 9.74. The second kappa shape index (κ2) is 6.38. The molecule has 0 bridgehead atoms. The molecule has 1 saturated heterocycles. The van der Waals surface area contributed by atoms with Gasteiger partial charge in [0.15, 0.2) is 0 Å². The number of nitrogens with two attached hydrogens (primary N) is 1. The highest BCUT2D eigenvalue weighted by Gasteiger charge is 2.22. The van der Waals surface area contributed by atoms with Crippen LogP contribution in [0.25, 0.3) is 0 Å². The third-order valence-electron chi connectivity index (χ3n) is 2.58. The van der Waals surface area contributed by atoms with Gasteiger partial charge in [0.2, 0.25) is 5.91 Å². The molecular weight excluding hydrogens is 208 g/mol. The van der Waals surface area contributed by atoms with Gasteiger partial charge in [-0.25, -0.2) is 0 Å². The highest BCUT2D eigenvalue weighted by molar-refractivity contribution is 7.99. The fourth-order valence-corrected chi connectivity index (χ4v) is 2.70. The van der Waals surface area contributed by atoms with E-state index < -0.39 is 0 Å². The lowest BCUT2D eigenvalue weighted by Crippen LogP contribution is -2.45. The van der Waals surface area contributed by atoms with Gasteiger partial charge < -0.3 is 10.6 Å². The van der Waals surface area contributed by atoms with E-state index in [2.05, 4.69) is 13.8 Å². The van der Waals surface area contributed by atoms with Crippen molar-refractivity contribution in [3.05, 3.63) is 0 Å². The number of hydrogen-bond donors (Lipinski definition) is 1. The van der Waals surface area contributed by atoms with E-state index in [-0.39, 0.29) is 11.9 Å². The molecule has 1 rings (SSSR count). The van der Waals surface area contributed by atoms with E-state index in [1.54, 1.807) is 0 Å². The molecule has 0 spiro atoms. The third kappa shape index (κ3) is 4.43. The smallest absolute Gasteiger partial charge is 0.239 e. The number of nitrogens with zero attached hydrogens (tertiary/aromatic N) is 1. The Balaban J connectivity index is 2.42. The monoisotopic (exact) mass is 230 g/mol. The van der Waals surface area contributed by atoms with Crippen LogP contribution < -0.4 is 5.73 Å². The fraction of sp³-hybridized carbons (Fsp3) is 0.909. The number of carbonyl (C=O) groups excluding carboxylic acids is 1. The minimum absolute atomic E-state index is 0.145. The molecule has 3 nitrogen and oxygen atoms in total. The summed E-state index contributed by atoms with van der Waals surface area (Å²) in [6.07, 6.45) is 1.90. The van der Waals surface area contributed by atoms with Crippen molar-refractivity contribution < 1.29 is 4.79 Å². The fourth-order valence-electron chi connectivity index (χ4n) is 1.81. The van der Waals surface area contributed by atoms with E-state index in [9.17, 15) is 4.79 Å². The van der Waals surface area contributed by atoms with Crippen molar-refractivity contribution in [3.8, 4) is 0 Å². The Hall–Kier alpha value is -0.220. The first-order valence-electron chi connectivity index (χ1n) is 5.73. The summed E-state index contributed by atoms with van der Waals surface area (Å²) in [5.41, 5.74) is 5.90. The first kappa shape index (κ1) is 12.8. The Morgan fingerprint density at radius 1 is 1.40 bits per heavy atom. The lowest BCUT2D eigenvalue weighted by Gasteiger charge is -2.24. The van der Waals surface area contributed by atoms with Crippen LogP contribution in [0.3, 0.4) is 0 Å². The molecule has 4 heteroatoms. The van der Waals surface area contributed by atoms with Gasteiger partial charge in [-0.2, -0.15) is 11.8 Å². The Morgan fingerprint density at radius 2 is 2.13 bits per heavy atom. The minimum atomic E-state index is -0.298. The van der Waals surface area contributed by atoms with Gasteiger partial charge in [0.05, 0.1) is 6.04 Å². The lowest BCUT2D eigenvalue weighted by atomic mass is 10.0. The molecule has 1 heterocycles. The maximum absolute atomic E-state index is 12.0. The summed E-state index contributed by atoms with van der Waals surface area (Å²) in [5.74, 6) is 2.86. The van der Waals surface area contributed by atoms with Gasteiger partial charge in [0, 0.05) is 18.8 Å². The van der Waals surface area contributed by atoms with Crippen molar-refractivity contribution in [2.45, 2.75) is 32.7 Å². The van der Waals surface area contributed by atoms with Crippen LogP contribution in [0.1, 0.15) is 26.7 Å². The molecule has 1 aliphatic heterocycles. The molecule has 0 radical (unpaired) electrons. The van der Waals surface area contributed by atoms with Crippen molar-refractivity contribution in [2.24, 2.45) is 11.7 Å². The van der Waals surface area contributed by atoms with Gasteiger partial charge in [-0.15, -0.1) is 0 Å². The molecule has 0 unspecified atom stereocenters. The number of amides is 1. The van der Waals surface area contributed by atoms with Crippen LogP contribution in [-0.2, 0) is 4.79 Å². The molecule has 1 fully saturated rings. The first-order valence-corrected chi connectivity index (χ1v) is 6.89.